The molecule has 0 amide bonds. The summed E-state index contributed by atoms with van der Waals surface area (Å²) in [5, 5.41) is 0. The van der Waals surface area contributed by atoms with Crippen molar-refractivity contribution < 1.29 is 12.8 Å². The third-order valence-corrected chi connectivity index (χ3v) is 5.13. The van der Waals surface area contributed by atoms with Crippen LogP contribution in [0.25, 0.3) is 0 Å². The number of hydrogen-bond acceptors (Lipinski definition) is 3. The number of nitrogens with two attached hydrogens (primary N) is 1. The summed E-state index contributed by atoms with van der Waals surface area (Å²) in [6.07, 6.45) is 0.879. The van der Waals surface area contributed by atoms with E-state index < -0.39 is 15.8 Å². The van der Waals surface area contributed by atoms with Crippen molar-refractivity contribution in [1.82, 2.24) is 4.31 Å². The highest BCUT2D eigenvalue weighted by molar-refractivity contribution is 7.89. The van der Waals surface area contributed by atoms with Crippen molar-refractivity contribution in [1.29, 1.82) is 0 Å². The lowest BCUT2D eigenvalue weighted by Crippen LogP contribution is -2.31. The number of benzene rings is 1. The van der Waals surface area contributed by atoms with Gasteiger partial charge >= 0.3 is 0 Å². The van der Waals surface area contributed by atoms with Crippen molar-refractivity contribution in [3.05, 3.63) is 23.5 Å². The third kappa shape index (κ3) is 3.45. The van der Waals surface area contributed by atoms with E-state index in [-0.39, 0.29) is 22.1 Å². The maximum absolute atomic E-state index is 13.6. The number of nitrogens with zero attached hydrogens (tertiary/aromatic N) is 1. The molecule has 0 saturated carbocycles. The summed E-state index contributed by atoms with van der Waals surface area (Å²) < 4.78 is 39.4. The van der Waals surface area contributed by atoms with E-state index in [9.17, 15) is 12.8 Å². The molecule has 0 aliphatic carbocycles. The van der Waals surface area contributed by atoms with Crippen LogP contribution in [0, 0.1) is 18.7 Å². The normalized spacial score (nSPS) is 13.8. The van der Waals surface area contributed by atoms with Crippen LogP contribution < -0.4 is 5.73 Å². The fourth-order valence-corrected chi connectivity index (χ4v) is 3.01. The molecule has 2 N–H and O–H groups in total. The van der Waals surface area contributed by atoms with E-state index in [4.69, 9.17) is 5.73 Å². The topological polar surface area (TPSA) is 63.4 Å². The summed E-state index contributed by atoms with van der Waals surface area (Å²) in [5.74, 6) is -0.358. The van der Waals surface area contributed by atoms with Crippen LogP contribution in [0.2, 0.25) is 0 Å². The zero-order chi connectivity index (χ0) is 14.8. The molecule has 1 rings (SSSR count). The summed E-state index contributed by atoms with van der Waals surface area (Å²) in [5.41, 5.74) is 6.04. The van der Waals surface area contributed by atoms with E-state index in [1.54, 1.807) is 0 Å². The van der Waals surface area contributed by atoms with Crippen LogP contribution in [-0.4, -0.2) is 26.3 Å². The van der Waals surface area contributed by atoms with Crippen molar-refractivity contribution in [2.45, 2.75) is 32.1 Å². The molecule has 0 aliphatic heterocycles. The average Bonchev–Trinajstić information content (AvgIpc) is 2.34. The third-order valence-electron chi connectivity index (χ3n) is 3.33. The second-order valence-corrected chi connectivity index (χ2v) is 6.96. The van der Waals surface area contributed by atoms with Crippen molar-refractivity contribution >= 4 is 15.7 Å². The summed E-state index contributed by atoms with van der Waals surface area (Å²) in [7, 11) is -2.20. The minimum Gasteiger partial charge on any atom is -0.398 e. The fourth-order valence-electron chi connectivity index (χ4n) is 1.67. The maximum Gasteiger partial charge on any atom is 0.243 e. The minimum absolute atomic E-state index is 0.0982. The quantitative estimate of drug-likeness (QED) is 0.846. The molecule has 1 atom stereocenters. The minimum atomic E-state index is -3.69. The molecule has 0 spiro atoms. The smallest absolute Gasteiger partial charge is 0.243 e. The molecule has 1 aromatic carbocycles. The van der Waals surface area contributed by atoms with Gasteiger partial charge in [-0.25, -0.2) is 17.1 Å². The zero-order valence-corrected chi connectivity index (χ0v) is 12.6. The Hall–Kier alpha value is -1.14. The first-order valence-corrected chi connectivity index (χ1v) is 7.66. The van der Waals surface area contributed by atoms with E-state index in [2.05, 4.69) is 0 Å². The second-order valence-electron chi connectivity index (χ2n) is 4.92. The first-order valence-electron chi connectivity index (χ1n) is 6.22. The molecule has 108 valence electrons. The Morgan fingerprint density at radius 1 is 1.42 bits per heavy atom. The predicted octanol–water partition coefficient (Wildman–Crippen LogP) is 2.38. The Morgan fingerprint density at radius 2 is 2.00 bits per heavy atom. The predicted molar refractivity (Wildman–Crippen MR) is 74.8 cm³/mol. The van der Waals surface area contributed by atoms with E-state index in [1.165, 1.54) is 24.3 Å². The van der Waals surface area contributed by atoms with E-state index in [1.807, 2.05) is 13.8 Å². The molecule has 0 aromatic heterocycles. The van der Waals surface area contributed by atoms with Gasteiger partial charge in [0.25, 0.3) is 0 Å². The molecule has 0 radical (unpaired) electrons. The van der Waals surface area contributed by atoms with Crippen molar-refractivity contribution in [3.63, 3.8) is 0 Å². The van der Waals surface area contributed by atoms with Crippen molar-refractivity contribution in [2.24, 2.45) is 5.92 Å². The molecule has 1 aromatic rings. The number of nitrogen functional groups attached to an aromatic ring is 1. The van der Waals surface area contributed by atoms with Gasteiger partial charge in [0.1, 0.15) is 5.82 Å². The standard InChI is InChI=1S/C13H21FN2O2S/c1-5-9(2)8-16(4)19(17,18)11-6-12(14)10(3)13(15)7-11/h6-7,9H,5,8,15H2,1-4H3. The van der Waals surface area contributed by atoms with Gasteiger partial charge in [0.05, 0.1) is 4.90 Å². The highest BCUT2D eigenvalue weighted by Crippen LogP contribution is 2.23. The highest BCUT2D eigenvalue weighted by atomic mass is 32.2. The molecule has 0 fully saturated rings. The summed E-state index contributed by atoms with van der Waals surface area (Å²) in [6, 6.07) is 2.33. The molecule has 19 heavy (non-hydrogen) atoms. The number of rotatable bonds is 5. The number of sulfonamides is 1. The van der Waals surface area contributed by atoms with E-state index >= 15 is 0 Å². The highest BCUT2D eigenvalue weighted by Gasteiger charge is 2.23. The second kappa shape index (κ2) is 5.88. The lowest BCUT2D eigenvalue weighted by molar-refractivity contribution is 0.393. The SMILES string of the molecule is CCC(C)CN(C)S(=O)(=O)c1cc(N)c(C)c(F)c1. The average molecular weight is 288 g/mol. The molecule has 0 aliphatic rings. The van der Waals surface area contributed by atoms with Crippen molar-refractivity contribution in [3.8, 4) is 0 Å². The van der Waals surface area contributed by atoms with Gasteiger partial charge in [0.15, 0.2) is 0 Å². The van der Waals surface area contributed by atoms with Crippen LogP contribution in [0.5, 0.6) is 0 Å². The Balaban J connectivity index is 3.13. The zero-order valence-electron chi connectivity index (χ0n) is 11.8. The van der Waals surface area contributed by atoms with E-state index in [0.717, 1.165) is 12.5 Å². The van der Waals surface area contributed by atoms with Crippen LogP contribution in [0.3, 0.4) is 0 Å². The molecule has 0 heterocycles. The Morgan fingerprint density at radius 3 is 2.47 bits per heavy atom. The summed E-state index contributed by atoms with van der Waals surface area (Å²) >= 11 is 0. The first kappa shape index (κ1) is 15.9. The van der Waals surface area contributed by atoms with E-state index in [0.29, 0.717) is 6.54 Å². The van der Waals surface area contributed by atoms with Crippen LogP contribution >= 0.6 is 0 Å². The first-order chi connectivity index (χ1) is 8.70. The van der Waals surface area contributed by atoms with Gasteiger partial charge in [-0.1, -0.05) is 20.3 Å². The largest absolute Gasteiger partial charge is 0.398 e. The van der Waals surface area contributed by atoms with Gasteiger partial charge in [0, 0.05) is 24.8 Å². The maximum atomic E-state index is 13.6. The van der Waals surface area contributed by atoms with Crippen LogP contribution in [0.15, 0.2) is 17.0 Å². The Bertz CT molecular complexity index is 535. The number of hydrogen-bond donors (Lipinski definition) is 1. The van der Waals surface area contributed by atoms with Gasteiger partial charge in [-0.2, -0.15) is 0 Å². The van der Waals surface area contributed by atoms with Gasteiger partial charge in [-0.05, 0) is 25.0 Å². The summed E-state index contributed by atoms with van der Waals surface area (Å²) in [4.78, 5) is -0.0982. The summed E-state index contributed by atoms with van der Waals surface area (Å²) in [6.45, 7) is 5.88. The Kier molecular flexibility index (Phi) is 4.92. The molecule has 0 bridgehead atoms. The fraction of sp³-hybridized carbons (Fsp3) is 0.538. The monoisotopic (exact) mass is 288 g/mol. The lowest BCUT2D eigenvalue weighted by atomic mass is 10.1. The van der Waals surface area contributed by atoms with Crippen LogP contribution in [-0.2, 0) is 10.0 Å². The molecule has 1 unspecified atom stereocenters. The van der Waals surface area contributed by atoms with Gasteiger partial charge in [0.2, 0.25) is 10.0 Å². The molecular formula is C13H21FN2O2S. The molecule has 6 heteroatoms. The van der Waals surface area contributed by atoms with Crippen LogP contribution in [0.4, 0.5) is 10.1 Å². The lowest BCUT2D eigenvalue weighted by Gasteiger charge is -2.21. The van der Waals surface area contributed by atoms with Crippen molar-refractivity contribution in [2.75, 3.05) is 19.3 Å². The molecule has 0 saturated heterocycles. The number of anilines is 1. The van der Waals surface area contributed by atoms with Gasteiger partial charge in [-0.15, -0.1) is 0 Å². The van der Waals surface area contributed by atoms with Gasteiger partial charge in [-0.3, -0.25) is 0 Å². The Labute approximate surface area is 114 Å². The molecule has 4 nitrogen and oxygen atoms in total. The van der Waals surface area contributed by atoms with Gasteiger partial charge < -0.3 is 5.73 Å². The van der Waals surface area contributed by atoms with Crippen LogP contribution in [0.1, 0.15) is 25.8 Å². The number of halogens is 1. The molecular weight excluding hydrogens is 267 g/mol.